The highest BCUT2D eigenvalue weighted by atomic mass is 32.2. The topological polar surface area (TPSA) is 37.8 Å². The van der Waals surface area contributed by atoms with Gasteiger partial charge < -0.3 is 5.32 Å². The van der Waals surface area contributed by atoms with Crippen LogP contribution in [-0.2, 0) is 6.42 Å². The Labute approximate surface area is 101 Å². The summed E-state index contributed by atoms with van der Waals surface area (Å²) in [5.41, 5.74) is 2.37. The highest BCUT2D eigenvalue weighted by molar-refractivity contribution is 7.99. The minimum Gasteiger partial charge on any atom is -0.373 e. The van der Waals surface area contributed by atoms with Crippen molar-refractivity contribution < 1.29 is 0 Å². The molecular weight excluding hydrogens is 218 g/mol. The second-order valence-corrected chi connectivity index (χ2v) is 5.42. The van der Waals surface area contributed by atoms with Crippen molar-refractivity contribution in [1.29, 1.82) is 0 Å². The van der Waals surface area contributed by atoms with Gasteiger partial charge in [0.2, 0.25) is 0 Å². The summed E-state index contributed by atoms with van der Waals surface area (Å²) < 4.78 is 0. The van der Waals surface area contributed by atoms with E-state index in [-0.39, 0.29) is 0 Å². The molecular formula is C12H19N3S. The van der Waals surface area contributed by atoms with Gasteiger partial charge in [-0.1, -0.05) is 6.92 Å². The monoisotopic (exact) mass is 237 g/mol. The van der Waals surface area contributed by atoms with Gasteiger partial charge in [-0.15, -0.1) is 0 Å². The highest BCUT2D eigenvalue weighted by Gasteiger charge is 2.22. The Morgan fingerprint density at radius 2 is 2.25 bits per heavy atom. The lowest BCUT2D eigenvalue weighted by atomic mass is 10.1. The van der Waals surface area contributed by atoms with Crippen molar-refractivity contribution in [2.75, 3.05) is 18.1 Å². The number of nitrogens with one attached hydrogen (secondary N) is 1. The second-order valence-electron chi connectivity index (χ2n) is 4.11. The normalized spacial score (nSPS) is 20.1. The van der Waals surface area contributed by atoms with Crippen LogP contribution in [0, 0.1) is 6.92 Å². The molecule has 0 amide bonds. The lowest BCUT2D eigenvalue weighted by Gasteiger charge is -2.14. The molecule has 1 saturated heterocycles. The summed E-state index contributed by atoms with van der Waals surface area (Å²) in [6, 6.07) is 0. The Balaban J connectivity index is 2.37. The van der Waals surface area contributed by atoms with Crippen LogP contribution in [0.25, 0.3) is 0 Å². The van der Waals surface area contributed by atoms with E-state index < -0.39 is 0 Å². The largest absolute Gasteiger partial charge is 0.373 e. The molecule has 1 aliphatic rings. The molecule has 0 radical (unpaired) electrons. The molecule has 1 N–H and O–H groups in total. The van der Waals surface area contributed by atoms with E-state index >= 15 is 0 Å². The Kier molecular flexibility index (Phi) is 3.69. The summed E-state index contributed by atoms with van der Waals surface area (Å²) in [6.07, 6.45) is 3.50. The first-order valence-corrected chi connectivity index (χ1v) is 6.98. The van der Waals surface area contributed by atoms with Crippen LogP contribution in [0.4, 0.5) is 5.82 Å². The molecule has 1 fully saturated rings. The third-order valence-corrected chi connectivity index (χ3v) is 4.43. The number of hydrogen-bond donors (Lipinski definition) is 1. The zero-order chi connectivity index (χ0) is 11.5. The van der Waals surface area contributed by atoms with Crippen molar-refractivity contribution in [1.82, 2.24) is 9.97 Å². The molecule has 2 heterocycles. The molecule has 1 aromatic heterocycles. The van der Waals surface area contributed by atoms with Gasteiger partial charge in [0.25, 0.3) is 0 Å². The molecule has 4 heteroatoms. The molecule has 0 spiro atoms. The van der Waals surface area contributed by atoms with E-state index in [1.54, 1.807) is 0 Å². The van der Waals surface area contributed by atoms with Gasteiger partial charge in [-0.05, 0) is 31.9 Å². The number of hydrogen-bond acceptors (Lipinski definition) is 4. The van der Waals surface area contributed by atoms with Crippen LogP contribution in [0.15, 0.2) is 0 Å². The van der Waals surface area contributed by atoms with Gasteiger partial charge in [-0.25, -0.2) is 9.97 Å². The summed E-state index contributed by atoms with van der Waals surface area (Å²) in [7, 11) is 1.93. The second kappa shape index (κ2) is 5.04. The summed E-state index contributed by atoms with van der Waals surface area (Å²) >= 11 is 1.99. The molecule has 1 atom stereocenters. The SMILES string of the molecule is CCc1nc(C2CCCS2)nc(NC)c1C. The first-order chi connectivity index (χ1) is 7.76. The van der Waals surface area contributed by atoms with Crippen LogP contribution in [0.1, 0.15) is 42.1 Å². The minimum absolute atomic E-state index is 0.512. The van der Waals surface area contributed by atoms with Crippen molar-refractivity contribution in [3.05, 3.63) is 17.1 Å². The first-order valence-electron chi connectivity index (χ1n) is 5.93. The molecule has 0 bridgehead atoms. The molecule has 0 aromatic carbocycles. The zero-order valence-corrected chi connectivity index (χ0v) is 11.0. The lowest BCUT2D eigenvalue weighted by Crippen LogP contribution is -2.08. The number of aryl methyl sites for hydroxylation is 1. The minimum atomic E-state index is 0.512. The molecule has 2 rings (SSSR count). The quantitative estimate of drug-likeness (QED) is 0.877. The fourth-order valence-corrected chi connectivity index (χ4v) is 3.30. The van der Waals surface area contributed by atoms with Crippen molar-refractivity contribution >= 4 is 17.6 Å². The molecule has 1 unspecified atom stereocenters. The van der Waals surface area contributed by atoms with Gasteiger partial charge in [0.05, 0.1) is 5.25 Å². The van der Waals surface area contributed by atoms with Crippen molar-refractivity contribution in [3.63, 3.8) is 0 Å². The van der Waals surface area contributed by atoms with E-state index in [4.69, 9.17) is 4.98 Å². The number of nitrogens with zero attached hydrogens (tertiary/aromatic N) is 2. The van der Waals surface area contributed by atoms with Crippen LogP contribution in [0.2, 0.25) is 0 Å². The maximum atomic E-state index is 4.71. The van der Waals surface area contributed by atoms with E-state index in [1.165, 1.54) is 29.9 Å². The van der Waals surface area contributed by atoms with Crippen LogP contribution in [0.5, 0.6) is 0 Å². The van der Waals surface area contributed by atoms with Crippen molar-refractivity contribution in [2.24, 2.45) is 0 Å². The fourth-order valence-electron chi connectivity index (χ4n) is 2.10. The Bertz CT molecular complexity index is 348. The zero-order valence-electron chi connectivity index (χ0n) is 10.2. The standard InChI is InChI=1S/C12H19N3S/c1-4-9-8(2)11(13-3)15-12(14-9)10-6-5-7-16-10/h10H,4-7H2,1-3H3,(H,13,14,15). The molecule has 3 nitrogen and oxygen atoms in total. The number of rotatable bonds is 3. The van der Waals surface area contributed by atoms with Crippen LogP contribution >= 0.6 is 11.8 Å². The Morgan fingerprint density at radius 1 is 1.44 bits per heavy atom. The summed E-state index contributed by atoms with van der Waals surface area (Å²) in [5.74, 6) is 3.27. The van der Waals surface area contributed by atoms with Crippen molar-refractivity contribution in [3.8, 4) is 0 Å². The Morgan fingerprint density at radius 3 is 2.81 bits per heavy atom. The molecule has 88 valence electrons. The van der Waals surface area contributed by atoms with Gasteiger partial charge in [0.1, 0.15) is 11.6 Å². The summed E-state index contributed by atoms with van der Waals surface area (Å²) in [5, 5.41) is 3.69. The van der Waals surface area contributed by atoms with E-state index in [9.17, 15) is 0 Å². The number of anilines is 1. The molecule has 1 aromatic rings. The van der Waals surface area contributed by atoms with E-state index in [2.05, 4.69) is 24.1 Å². The van der Waals surface area contributed by atoms with Crippen LogP contribution < -0.4 is 5.32 Å². The van der Waals surface area contributed by atoms with Crippen LogP contribution in [0.3, 0.4) is 0 Å². The number of thioether (sulfide) groups is 1. The fraction of sp³-hybridized carbons (Fsp3) is 0.667. The van der Waals surface area contributed by atoms with Gasteiger partial charge in [-0.2, -0.15) is 11.8 Å². The number of aromatic nitrogens is 2. The summed E-state index contributed by atoms with van der Waals surface area (Å²) in [4.78, 5) is 9.35. The third kappa shape index (κ3) is 2.17. The highest BCUT2D eigenvalue weighted by Crippen LogP contribution is 2.38. The Hall–Kier alpha value is -0.770. The molecule has 16 heavy (non-hydrogen) atoms. The predicted molar refractivity (Wildman–Crippen MR) is 70.1 cm³/mol. The molecule has 0 aliphatic carbocycles. The van der Waals surface area contributed by atoms with Crippen molar-refractivity contribution in [2.45, 2.75) is 38.4 Å². The smallest absolute Gasteiger partial charge is 0.143 e. The molecule has 1 aliphatic heterocycles. The maximum Gasteiger partial charge on any atom is 0.143 e. The van der Waals surface area contributed by atoms with Gasteiger partial charge >= 0.3 is 0 Å². The van der Waals surface area contributed by atoms with E-state index in [0.29, 0.717) is 5.25 Å². The average Bonchev–Trinajstić information content (AvgIpc) is 2.83. The molecule has 0 saturated carbocycles. The van der Waals surface area contributed by atoms with Gasteiger partial charge in [0.15, 0.2) is 0 Å². The summed E-state index contributed by atoms with van der Waals surface area (Å²) in [6.45, 7) is 4.25. The maximum absolute atomic E-state index is 4.71. The van der Waals surface area contributed by atoms with Gasteiger partial charge in [-0.3, -0.25) is 0 Å². The van der Waals surface area contributed by atoms with Gasteiger partial charge in [0, 0.05) is 18.3 Å². The average molecular weight is 237 g/mol. The third-order valence-electron chi connectivity index (χ3n) is 3.05. The van der Waals surface area contributed by atoms with E-state index in [0.717, 1.165) is 18.1 Å². The first kappa shape index (κ1) is 11.7. The predicted octanol–water partition coefficient (Wildman–Crippen LogP) is 2.96. The van der Waals surface area contributed by atoms with E-state index in [1.807, 2.05) is 18.8 Å². The lowest BCUT2D eigenvalue weighted by molar-refractivity contribution is 0.763. The van der Waals surface area contributed by atoms with Crippen LogP contribution in [-0.4, -0.2) is 22.8 Å².